The number of thioether (sulfide) groups is 1. The number of hydrogen-bond acceptors (Lipinski definition) is 5. The molecule has 0 bridgehead atoms. The normalized spacial score (nSPS) is 14.1. The van der Waals surface area contributed by atoms with E-state index in [1.165, 1.54) is 12.1 Å². The van der Waals surface area contributed by atoms with Crippen molar-refractivity contribution in [3.05, 3.63) is 106 Å². The molecule has 0 fully saturated rings. The zero-order valence-electron chi connectivity index (χ0n) is 16.1. The Bertz CT molecular complexity index is 904. The van der Waals surface area contributed by atoms with Gasteiger partial charge in [0.25, 0.3) is 5.69 Å². The molecule has 0 unspecified atom stereocenters. The Morgan fingerprint density at radius 1 is 0.931 bits per heavy atom. The average Bonchev–Trinajstić information content (AvgIpc) is 2.77. The van der Waals surface area contributed by atoms with Crippen molar-refractivity contribution in [1.29, 1.82) is 0 Å². The SMILES string of the molecule is C[C@H](N[C@@H](CSc1ccc([N+](=O)[O-])cc1)[C@H](O)c1ccccc1)c1ccccc1. The van der Waals surface area contributed by atoms with E-state index < -0.39 is 11.0 Å². The number of nitro groups is 1. The maximum Gasteiger partial charge on any atom is 0.269 e. The van der Waals surface area contributed by atoms with E-state index in [0.29, 0.717) is 5.75 Å². The summed E-state index contributed by atoms with van der Waals surface area (Å²) in [6.45, 7) is 2.08. The van der Waals surface area contributed by atoms with Crippen LogP contribution in [0, 0.1) is 10.1 Å². The Labute approximate surface area is 174 Å². The predicted octanol–water partition coefficient (Wildman–Crippen LogP) is 5.14. The summed E-state index contributed by atoms with van der Waals surface area (Å²) in [5.41, 5.74) is 2.08. The number of rotatable bonds is 9. The van der Waals surface area contributed by atoms with E-state index in [0.717, 1.165) is 16.0 Å². The first-order chi connectivity index (χ1) is 14.0. The number of hydrogen-bond donors (Lipinski definition) is 2. The topological polar surface area (TPSA) is 75.4 Å². The number of non-ortho nitro benzene ring substituents is 1. The lowest BCUT2D eigenvalue weighted by atomic mass is 10.0. The molecule has 0 saturated carbocycles. The lowest BCUT2D eigenvalue weighted by molar-refractivity contribution is -0.384. The molecule has 3 aromatic carbocycles. The monoisotopic (exact) mass is 408 g/mol. The van der Waals surface area contributed by atoms with Crippen LogP contribution in [-0.2, 0) is 0 Å². The zero-order chi connectivity index (χ0) is 20.6. The van der Waals surface area contributed by atoms with Gasteiger partial charge in [0, 0.05) is 34.9 Å². The lowest BCUT2D eigenvalue weighted by Gasteiger charge is -2.28. The van der Waals surface area contributed by atoms with Crippen LogP contribution in [0.1, 0.15) is 30.2 Å². The molecule has 0 amide bonds. The molecule has 0 aliphatic rings. The van der Waals surface area contributed by atoms with Crippen molar-refractivity contribution in [3.63, 3.8) is 0 Å². The summed E-state index contributed by atoms with van der Waals surface area (Å²) >= 11 is 1.56. The molecule has 5 nitrogen and oxygen atoms in total. The molecular formula is C23H24N2O3S. The molecular weight excluding hydrogens is 384 g/mol. The summed E-state index contributed by atoms with van der Waals surface area (Å²) in [5, 5.41) is 25.4. The Morgan fingerprint density at radius 3 is 2.03 bits per heavy atom. The minimum atomic E-state index is -0.673. The highest BCUT2D eigenvalue weighted by Crippen LogP contribution is 2.27. The molecule has 0 radical (unpaired) electrons. The first-order valence-corrected chi connectivity index (χ1v) is 10.4. The van der Waals surface area contributed by atoms with Crippen LogP contribution in [0.3, 0.4) is 0 Å². The molecule has 3 rings (SSSR count). The van der Waals surface area contributed by atoms with Gasteiger partial charge in [0.2, 0.25) is 0 Å². The fraction of sp³-hybridized carbons (Fsp3) is 0.217. The Hall–Kier alpha value is -2.67. The van der Waals surface area contributed by atoms with E-state index in [1.54, 1.807) is 23.9 Å². The molecule has 6 heteroatoms. The Kier molecular flexibility index (Phi) is 7.41. The van der Waals surface area contributed by atoms with Crippen LogP contribution >= 0.6 is 11.8 Å². The highest BCUT2D eigenvalue weighted by Gasteiger charge is 2.23. The van der Waals surface area contributed by atoms with Crippen LogP contribution in [0.2, 0.25) is 0 Å². The summed E-state index contributed by atoms with van der Waals surface area (Å²) in [6.07, 6.45) is -0.673. The van der Waals surface area contributed by atoms with Gasteiger partial charge in [-0.25, -0.2) is 0 Å². The summed E-state index contributed by atoms with van der Waals surface area (Å²) in [4.78, 5) is 11.4. The van der Waals surface area contributed by atoms with Crippen molar-refractivity contribution in [1.82, 2.24) is 5.32 Å². The van der Waals surface area contributed by atoms with Gasteiger partial charge >= 0.3 is 0 Å². The van der Waals surface area contributed by atoms with Crippen LogP contribution in [0.4, 0.5) is 5.69 Å². The van der Waals surface area contributed by atoms with Gasteiger partial charge in [-0.3, -0.25) is 10.1 Å². The third-order valence-electron chi connectivity index (χ3n) is 4.76. The van der Waals surface area contributed by atoms with Crippen LogP contribution in [0.15, 0.2) is 89.8 Å². The van der Waals surface area contributed by atoms with Crippen molar-refractivity contribution in [2.75, 3.05) is 5.75 Å². The molecule has 29 heavy (non-hydrogen) atoms. The van der Waals surface area contributed by atoms with Gasteiger partial charge in [-0.1, -0.05) is 60.7 Å². The van der Waals surface area contributed by atoms with Gasteiger partial charge in [-0.05, 0) is 30.2 Å². The second kappa shape index (κ2) is 10.2. The maximum atomic E-state index is 11.0. The van der Waals surface area contributed by atoms with Crippen LogP contribution in [-0.4, -0.2) is 21.8 Å². The fourth-order valence-corrected chi connectivity index (χ4v) is 4.10. The average molecular weight is 409 g/mol. The second-order valence-electron chi connectivity index (χ2n) is 6.82. The molecule has 0 aliphatic carbocycles. The molecule has 3 aromatic rings. The van der Waals surface area contributed by atoms with E-state index in [2.05, 4.69) is 24.4 Å². The van der Waals surface area contributed by atoms with Crippen molar-refractivity contribution in [2.45, 2.75) is 30.0 Å². The van der Waals surface area contributed by atoms with Gasteiger partial charge in [-0.2, -0.15) is 0 Å². The molecule has 0 aliphatic heterocycles. The number of nitro benzene ring substituents is 1. The summed E-state index contributed by atoms with van der Waals surface area (Å²) in [6, 6.07) is 26.1. The van der Waals surface area contributed by atoms with E-state index in [4.69, 9.17) is 0 Å². The zero-order valence-corrected chi connectivity index (χ0v) is 17.0. The third-order valence-corrected chi connectivity index (χ3v) is 5.89. The van der Waals surface area contributed by atoms with E-state index in [9.17, 15) is 15.2 Å². The van der Waals surface area contributed by atoms with Gasteiger partial charge in [0.05, 0.1) is 11.0 Å². The fourth-order valence-electron chi connectivity index (χ4n) is 3.12. The van der Waals surface area contributed by atoms with Gasteiger partial charge in [0.15, 0.2) is 0 Å². The van der Waals surface area contributed by atoms with E-state index in [-0.39, 0.29) is 17.8 Å². The summed E-state index contributed by atoms with van der Waals surface area (Å²) in [7, 11) is 0. The maximum absolute atomic E-state index is 11.0. The number of nitrogens with zero attached hydrogens (tertiary/aromatic N) is 1. The highest BCUT2D eigenvalue weighted by molar-refractivity contribution is 7.99. The molecule has 2 N–H and O–H groups in total. The largest absolute Gasteiger partial charge is 0.387 e. The minimum Gasteiger partial charge on any atom is -0.387 e. The molecule has 0 heterocycles. The van der Waals surface area contributed by atoms with Crippen LogP contribution < -0.4 is 5.32 Å². The van der Waals surface area contributed by atoms with Crippen molar-refractivity contribution in [2.24, 2.45) is 0 Å². The smallest absolute Gasteiger partial charge is 0.269 e. The second-order valence-corrected chi connectivity index (χ2v) is 7.92. The van der Waals surface area contributed by atoms with Crippen molar-refractivity contribution < 1.29 is 10.0 Å². The van der Waals surface area contributed by atoms with Crippen LogP contribution in [0.25, 0.3) is 0 Å². The predicted molar refractivity (Wildman–Crippen MR) is 117 cm³/mol. The van der Waals surface area contributed by atoms with Gasteiger partial charge in [0.1, 0.15) is 0 Å². The first kappa shape index (κ1) is 21.0. The number of aliphatic hydroxyl groups is 1. The van der Waals surface area contributed by atoms with Crippen molar-refractivity contribution in [3.8, 4) is 0 Å². The highest BCUT2D eigenvalue weighted by atomic mass is 32.2. The first-order valence-electron chi connectivity index (χ1n) is 9.46. The lowest BCUT2D eigenvalue weighted by Crippen LogP contribution is -2.38. The Morgan fingerprint density at radius 2 is 1.48 bits per heavy atom. The van der Waals surface area contributed by atoms with Crippen molar-refractivity contribution >= 4 is 17.4 Å². The summed E-state index contributed by atoms with van der Waals surface area (Å²) in [5.74, 6) is 0.616. The number of aliphatic hydroxyl groups excluding tert-OH is 1. The van der Waals surface area contributed by atoms with E-state index >= 15 is 0 Å². The quantitative estimate of drug-likeness (QED) is 0.291. The van der Waals surface area contributed by atoms with Gasteiger partial charge < -0.3 is 10.4 Å². The summed E-state index contributed by atoms with van der Waals surface area (Å²) < 4.78 is 0. The van der Waals surface area contributed by atoms with Gasteiger partial charge in [-0.15, -0.1) is 11.8 Å². The number of benzene rings is 3. The standard InChI is InChI=1S/C23H24N2O3S/c1-17(18-8-4-2-5-9-18)24-22(23(26)19-10-6-3-7-11-19)16-29-21-14-12-20(13-15-21)25(27)28/h2-15,17,22-24,26H,16H2,1H3/t17-,22-,23+/m0/s1. The molecule has 0 saturated heterocycles. The molecule has 0 aromatic heterocycles. The molecule has 3 atom stereocenters. The third kappa shape index (κ3) is 5.90. The number of nitrogens with one attached hydrogen (secondary N) is 1. The molecule has 0 spiro atoms. The minimum absolute atomic E-state index is 0.0667. The Balaban J connectivity index is 1.73. The molecule has 150 valence electrons. The van der Waals surface area contributed by atoms with E-state index in [1.807, 2.05) is 48.5 Å². The van der Waals surface area contributed by atoms with Crippen LogP contribution in [0.5, 0.6) is 0 Å².